The monoisotopic (exact) mass is 258 g/mol. The Kier molecular flexibility index (Phi) is 7.82. The summed E-state index contributed by atoms with van der Waals surface area (Å²) in [5, 5.41) is 13.5. The van der Waals surface area contributed by atoms with Crippen molar-refractivity contribution in [1.82, 2.24) is 10.2 Å². The molecule has 2 N–H and O–H groups in total. The molecule has 2 unspecified atom stereocenters. The highest BCUT2D eigenvalue weighted by Gasteiger charge is 2.22. The molecule has 1 aliphatic heterocycles. The van der Waals surface area contributed by atoms with E-state index in [-0.39, 0.29) is 12.2 Å². The Morgan fingerprint density at radius 3 is 2.78 bits per heavy atom. The van der Waals surface area contributed by atoms with Gasteiger partial charge in [0, 0.05) is 19.1 Å². The number of hydrogen-bond acceptors (Lipinski definition) is 4. The molecule has 0 bridgehead atoms. The summed E-state index contributed by atoms with van der Waals surface area (Å²) in [4.78, 5) is 2.42. The zero-order valence-electron chi connectivity index (χ0n) is 12.2. The molecule has 0 saturated carbocycles. The van der Waals surface area contributed by atoms with Crippen molar-refractivity contribution in [2.75, 3.05) is 32.8 Å². The van der Waals surface area contributed by atoms with Crippen molar-refractivity contribution in [2.45, 2.75) is 58.3 Å². The van der Waals surface area contributed by atoms with Crippen LogP contribution in [-0.2, 0) is 4.74 Å². The van der Waals surface area contributed by atoms with Crippen molar-refractivity contribution in [3.63, 3.8) is 0 Å². The molecule has 0 aromatic rings. The molecule has 18 heavy (non-hydrogen) atoms. The lowest BCUT2D eigenvalue weighted by Gasteiger charge is -2.35. The number of aliphatic hydroxyl groups is 1. The predicted molar refractivity (Wildman–Crippen MR) is 74.9 cm³/mol. The summed E-state index contributed by atoms with van der Waals surface area (Å²) in [5.74, 6) is 0. The molecule has 0 aromatic heterocycles. The second-order valence-corrected chi connectivity index (χ2v) is 5.53. The molecule has 2 atom stereocenters. The van der Waals surface area contributed by atoms with Crippen LogP contribution in [0.2, 0.25) is 0 Å². The maximum absolute atomic E-state index is 10.0. The normalized spacial score (nSPS) is 22.7. The summed E-state index contributed by atoms with van der Waals surface area (Å²) < 4.78 is 5.48. The number of nitrogens with one attached hydrogen (secondary N) is 1. The molecule has 1 aliphatic rings. The van der Waals surface area contributed by atoms with Crippen LogP contribution in [0.5, 0.6) is 0 Å². The van der Waals surface area contributed by atoms with E-state index in [1.807, 2.05) is 13.8 Å². The van der Waals surface area contributed by atoms with Gasteiger partial charge in [-0.1, -0.05) is 6.92 Å². The number of ether oxygens (including phenoxy) is 1. The number of rotatable bonds is 8. The van der Waals surface area contributed by atoms with Gasteiger partial charge < -0.3 is 15.2 Å². The van der Waals surface area contributed by atoms with Gasteiger partial charge in [0.25, 0.3) is 0 Å². The fourth-order valence-corrected chi connectivity index (χ4v) is 2.48. The molecule has 108 valence electrons. The molecular formula is C14H30N2O2. The Labute approximate surface area is 112 Å². The fraction of sp³-hybridized carbons (Fsp3) is 1.00. The van der Waals surface area contributed by atoms with Crippen LogP contribution < -0.4 is 5.32 Å². The summed E-state index contributed by atoms with van der Waals surface area (Å²) in [6.45, 7) is 10.6. The number of piperidine rings is 1. The topological polar surface area (TPSA) is 44.7 Å². The highest BCUT2D eigenvalue weighted by atomic mass is 16.5. The molecular weight excluding hydrogens is 228 g/mol. The Hall–Kier alpha value is -0.160. The molecule has 0 radical (unpaired) electrons. The fourth-order valence-electron chi connectivity index (χ4n) is 2.48. The molecule has 1 heterocycles. The molecule has 0 aliphatic carbocycles. The van der Waals surface area contributed by atoms with E-state index < -0.39 is 0 Å². The Morgan fingerprint density at radius 2 is 2.22 bits per heavy atom. The molecule has 0 amide bonds. The van der Waals surface area contributed by atoms with Crippen LogP contribution in [0.15, 0.2) is 0 Å². The van der Waals surface area contributed by atoms with Crippen LogP contribution in [0.1, 0.15) is 40.0 Å². The largest absolute Gasteiger partial charge is 0.389 e. The Morgan fingerprint density at radius 1 is 1.44 bits per heavy atom. The lowest BCUT2D eigenvalue weighted by Crippen LogP contribution is -2.49. The number of hydrogen-bond donors (Lipinski definition) is 2. The minimum atomic E-state index is -0.374. The third-order valence-corrected chi connectivity index (χ3v) is 3.37. The van der Waals surface area contributed by atoms with Crippen molar-refractivity contribution in [3.05, 3.63) is 0 Å². The highest BCUT2D eigenvalue weighted by Crippen LogP contribution is 2.11. The first-order valence-electron chi connectivity index (χ1n) is 7.38. The van der Waals surface area contributed by atoms with Crippen LogP contribution in [0.4, 0.5) is 0 Å². The van der Waals surface area contributed by atoms with E-state index in [1.54, 1.807) is 0 Å². The molecule has 1 fully saturated rings. The van der Waals surface area contributed by atoms with Gasteiger partial charge in [-0.3, -0.25) is 4.90 Å². The molecule has 4 heteroatoms. The molecule has 1 rings (SSSR count). The SMILES string of the molecule is CCCN(CC(O)COC(C)C)C1CCCNC1. The zero-order chi connectivity index (χ0) is 13.4. The number of aliphatic hydroxyl groups excluding tert-OH is 1. The van der Waals surface area contributed by atoms with Gasteiger partial charge in [0.1, 0.15) is 0 Å². The quantitative estimate of drug-likeness (QED) is 0.687. The first-order valence-corrected chi connectivity index (χ1v) is 7.38. The minimum Gasteiger partial charge on any atom is -0.389 e. The average molecular weight is 258 g/mol. The third-order valence-electron chi connectivity index (χ3n) is 3.37. The Balaban J connectivity index is 2.35. The van der Waals surface area contributed by atoms with E-state index in [1.165, 1.54) is 12.8 Å². The van der Waals surface area contributed by atoms with Crippen LogP contribution >= 0.6 is 0 Å². The summed E-state index contributed by atoms with van der Waals surface area (Å²) in [5.41, 5.74) is 0. The van der Waals surface area contributed by atoms with Gasteiger partial charge in [0.05, 0.1) is 18.8 Å². The standard InChI is InChI=1S/C14H30N2O2/c1-4-8-16(13-6-5-7-15-9-13)10-14(17)11-18-12(2)3/h12-15,17H,4-11H2,1-3H3. The van der Waals surface area contributed by atoms with Crippen molar-refractivity contribution >= 4 is 0 Å². The van der Waals surface area contributed by atoms with Gasteiger partial charge in [-0.2, -0.15) is 0 Å². The van der Waals surface area contributed by atoms with Gasteiger partial charge in [-0.25, -0.2) is 0 Å². The van der Waals surface area contributed by atoms with E-state index in [0.29, 0.717) is 12.6 Å². The van der Waals surface area contributed by atoms with Crippen molar-refractivity contribution < 1.29 is 9.84 Å². The van der Waals surface area contributed by atoms with Crippen molar-refractivity contribution in [3.8, 4) is 0 Å². The van der Waals surface area contributed by atoms with Crippen LogP contribution in [0.25, 0.3) is 0 Å². The Bertz CT molecular complexity index is 206. The lowest BCUT2D eigenvalue weighted by molar-refractivity contribution is -0.0157. The third kappa shape index (κ3) is 6.14. The molecule has 0 spiro atoms. The van der Waals surface area contributed by atoms with Gasteiger partial charge in [0.15, 0.2) is 0 Å². The van der Waals surface area contributed by atoms with E-state index >= 15 is 0 Å². The van der Waals surface area contributed by atoms with E-state index in [0.717, 1.165) is 32.6 Å². The van der Waals surface area contributed by atoms with Gasteiger partial charge in [-0.05, 0) is 46.2 Å². The van der Waals surface area contributed by atoms with Gasteiger partial charge in [-0.15, -0.1) is 0 Å². The highest BCUT2D eigenvalue weighted by molar-refractivity contribution is 4.80. The van der Waals surface area contributed by atoms with Crippen molar-refractivity contribution in [2.24, 2.45) is 0 Å². The summed E-state index contributed by atoms with van der Waals surface area (Å²) >= 11 is 0. The second kappa shape index (κ2) is 8.86. The van der Waals surface area contributed by atoms with Gasteiger partial charge in [0.2, 0.25) is 0 Å². The number of nitrogens with zero attached hydrogens (tertiary/aromatic N) is 1. The summed E-state index contributed by atoms with van der Waals surface area (Å²) in [7, 11) is 0. The minimum absolute atomic E-state index is 0.190. The predicted octanol–water partition coefficient (Wildman–Crippen LogP) is 1.24. The summed E-state index contributed by atoms with van der Waals surface area (Å²) in [6, 6.07) is 0.576. The van der Waals surface area contributed by atoms with Crippen LogP contribution in [0, 0.1) is 0 Å². The average Bonchev–Trinajstić information content (AvgIpc) is 2.37. The molecule has 0 aromatic carbocycles. The lowest BCUT2D eigenvalue weighted by atomic mass is 10.1. The summed E-state index contributed by atoms with van der Waals surface area (Å²) in [6.07, 6.45) is 3.43. The first kappa shape index (κ1) is 15.9. The van der Waals surface area contributed by atoms with Crippen LogP contribution in [-0.4, -0.2) is 61.0 Å². The van der Waals surface area contributed by atoms with E-state index in [9.17, 15) is 5.11 Å². The smallest absolute Gasteiger partial charge is 0.0900 e. The second-order valence-electron chi connectivity index (χ2n) is 5.53. The maximum atomic E-state index is 10.0. The maximum Gasteiger partial charge on any atom is 0.0900 e. The van der Waals surface area contributed by atoms with Crippen molar-refractivity contribution in [1.29, 1.82) is 0 Å². The van der Waals surface area contributed by atoms with E-state index in [2.05, 4.69) is 17.1 Å². The molecule has 4 nitrogen and oxygen atoms in total. The first-order chi connectivity index (χ1) is 8.63. The zero-order valence-corrected chi connectivity index (χ0v) is 12.2. The van der Waals surface area contributed by atoms with Crippen LogP contribution in [0.3, 0.4) is 0 Å². The van der Waals surface area contributed by atoms with E-state index in [4.69, 9.17) is 4.74 Å². The van der Waals surface area contributed by atoms with Gasteiger partial charge >= 0.3 is 0 Å². The molecule has 1 saturated heterocycles.